The molecular formula is C9H16O7. The van der Waals surface area contributed by atoms with Gasteiger partial charge in [0.25, 0.3) is 0 Å². The van der Waals surface area contributed by atoms with Crippen molar-refractivity contribution in [3.05, 3.63) is 0 Å². The number of hydrogen-bond acceptors (Lipinski definition) is 4. The molecule has 94 valence electrons. The van der Waals surface area contributed by atoms with Gasteiger partial charge in [-0.25, -0.2) is 4.79 Å². The highest BCUT2D eigenvalue weighted by Gasteiger charge is 1.98. The van der Waals surface area contributed by atoms with Gasteiger partial charge in [-0.3, -0.25) is 9.59 Å². The van der Waals surface area contributed by atoms with Crippen LogP contribution in [0.25, 0.3) is 0 Å². The van der Waals surface area contributed by atoms with E-state index in [1.807, 2.05) is 0 Å². The third-order valence-corrected chi connectivity index (χ3v) is 1.42. The summed E-state index contributed by atoms with van der Waals surface area (Å²) < 4.78 is 0. The Bertz CT molecular complexity index is 208. The SMILES string of the molecule is O=C(O)CCCCCC(=O)O.O=C(O)CO. The van der Waals surface area contributed by atoms with Crippen LogP contribution in [0.15, 0.2) is 0 Å². The summed E-state index contributed by atoms with van der Waals surface area (Å²) in [5, 5.41) is 31.4. The number of carbonyl (C=O) groups is 3. The zero-order valence-electron chi connectivity index (χ0n) is 8.76. The Hall–Kier alpha value is -1.63. The average molecular weight is 236 g/mol. The van der Waals surface area contributed by atoms with Crippen LogP contribution in [-0.2, 0) is 14.4 Å². The maximum absolute atomic E-state index is 9.98. The Balaban J connectivity index is 0. The first-order valence-corrected chi connectivity index (χ1v) is 4.66. The van der Waals surface area contributed by atoms with Crippen LogP contribution in [0.1, 0.15) is 32.1 Å². The third-order valence-electron chi connectivity index (χ3n) is 1.42. The maximum atomic E-state index is 9.98. The molecule has 4 N–H and O–H groups in total. The minimum Gasteiger partial charge on any atom is -0.481 e. The van der Waals surface area contributed by atoms with Gasteiger partial charge < -0.3 is 20.4 Å². The first-order chi connectivity index (χ1) is 7.40. The van der Waals surface area contributed by atoms with Crippen molar-refractivity contribution >= 4 is 17.9 Å². The summed E-state index contributed by atoms with van der Waals surface area (Å²) in [6.45, 7) is -0.778. The molecule has 0 amide bonds. The minimum atomic E-state index is -1.19. The lowest BCUT2D eigenvalue weighted by Gasteiger charge is -1.94. The van der Waals surface area contributed by atoms with Crippen LogP contribution in [0, 0.1) is 0 Å². The van der Waals surface area contributed by atoms with Crippen molar-refractivity contribution in [1.82, 2.24) is 0 Å². The minimum absolute atomic E-state index is 0.139. The van der Waals surface area contributed by atoms with Crippen LogP contribution in [0.4, 0.5) is 0 Å². The number of hydrogen-bond donors (Lipinski definition) is 4. The van der Waals surface area contributed by atoms with Gasteiger partial charge in [-0.2, -0.15) is 0 Å². The first kappa shape index (κ1) is 16.8. The van der Waals surface area contributed by atoms with E-state index in [9.17, 15) is 9.59 Å². The highest BCUT2D eigenvalue weighted by Crippen LogP contribution is 2.02. The number of carboxylic acids is 3. The number of aliphatic carboxylic acids is 3. The number of rotatable bonds is 7. The molecule has 7 nitrogen and oxygen atoms in total. The summed E-state index contributed by atoms with van der Waals surface area (Å²) in [5.41, 5.74) is 0. The molecule has 0 saturated carbocycles. The van der Waals surface area contributed by atoms with E-state index in [0.29, 0.717) is 19.3 Å². The molecule has 0 saturated heterocycles. The molecule has 0 aliphatic carbocycles. The molecule has 16 heavy (non-hydrogen) atoms. The summed E-state index contributed by atoms with van der Waals surface area (Å²) in [7, 11) is 0. The summed E-state index contributed by atoms with van der Waals surface area (Å²) in [4.78, 5) is 29.1. The highest BCUT2D eigenvalue weighted by molar-refractivity contribution is 5.67. The molecular weight excluding hydrogens is 220 g/mol. The Kier molecular flexibility index (Phi) is 12.0. The Morgan fingerprint density at radius 1 is 0.688 bits per heavy atom. The zero-order chi connectivity index (χ0) is 13.0. The second-order valence-electron chi connectivity index (χ2n) is 2.90. The van der Waals surface area contributed by atoms with Crippen molar-refractivity contribution < 1.29 is 34.8 Å². The van der Waals surface area contributed by atoms with Crippen molar-refractivity contribution in [2.75, 3.05) is 6.61 Å². The Morgan fingerprint density at radius 2 is 1.00 bits per heavy atom. The summed E-state index contributed by atoms with van der Waals surface area (Å²) >= 11 is 0. The van der Waals surface area contributed by atoms with Gasteiger partial charge >= 0.3 is 17.9 Å². The molecule has 0 aromatic rings. The smallest absolute Gasteiger partial charge is 0.329 e. The quantitative estimate of drug-likeness (QED) is 0.463. The number of carboxylic acid groups (broad SMARTS) is 3. The molecule has 7 heteroatoms. The summed E-state index contributed by atoms with van der Waals surface area (Å²) in [6.07, 6.45) is 2.10. The highest BCUT2D eigenvalue weighted by atomic mass is 16.4. The second-order valence-corrected chi connectivity index (χ2v) is 2.90. The summed E-state index contributed by atoms with van der Waals surface area (Å²) in [6, 6.07) is 0. The van der Waals surface area contributed by atoms with Crippen LogP contribution in [0.2, 0.25) is 0 Å². The molecule has 0 aliphatic heterocycles. The lowest BCUT2D eigenvalue weighted by Crippen LogP contribution is -1.98. The number of aliphatic hydroxyl groups is 1. The molecule has 0 aliphatic rings. The zero-order valence-corrected chi connectivity index (χ0v) is 8.76. The van der Waals surface area contributed by atoms with Gasteiger partial charge in [-0.05, 0) is 12.8 Å². The van der Waals surface area contributed by atoms with E-state index >= 15 is 0 Å². The standard InChI is InChI=1S/C7H12O4.C2H4O3/c8-6(9)4-2-1-3-5-7(10)11;3-1-2(4)5/h1-5H2,(H,8,9)(H,10,11);3H,1H2,(H,4,5). The normalized spacial score (nSPS) is 8.81. The maximum Gasteiger partial charge on any atom is 0.329 e. The fraction of sp³-hybridized carbons (Fsp3) is 0.667. The van der Waals surface area contributed by atoms with Gasteiger partial charge in [0.15, 0.2) is 0 Å². The second kappa shape index (κ2) is 11.4. The van der Waals surface area contributed by atoms with Crippen molar-refractivity contribution in [2.24, 2.45) is 0 Å². The van der Waals surface area contributed by atoms with Gasteiger partial charge in [0, 0.05) is 12.8 Å². The lowest BCUT2D eigenvalue weighted by molar-refractivity contribution is -0.140. The van der Waals surface area contributed by atoms with Crippen LogP contribution < -0.4 is 0 Å². The van der Waals surface area contributed by atoms with Crippen LogP contribution in [0.5, 0.6) is 0 Å². The van der Waals surface area contributed by atoms with E-state index in [1.54, 1.807) is 0 Å². The fourth-order valence-corrected chi connectivity index (χ4v) is 0.729. The Labute approximate surface area is 92.3 Å². The predicted octanol–water partition coefficient (Wildman–Crippen LogP) is 0.169. The average Bonchev–Trinajstić information content (AvgIpc) is 2.17. The molecule has 0 spiro atoms. The lowest BCUT2D eigenvalue weighted by atomic mass is 10.1. The molecule has 0 fully saturated rings. The molecule has 0 unspecified atom stereocenters. The predicted molar refractivity (Wildman–Crippen MR) is 53.1 cm³/mol. The van der Waals surface area contributed by atoms with Crippen LogP contribution >= 0.6 is 0 Å². The van der Waals surface area contributed by atoms with Crippen molar-refractivity contribution in [1.29, 1.82) is 0 Å². The van der Waals surface area contributed by atoms with E-state index in [2.05, 4.69) is 0 Å². The van der Waals surface area contributed by atoms with Crippen LogP contribution in [-0.4, -0.2) is 44.9 Å². The molecule has 0 atom stereocenters. The molecule has 0 heterocycles. The van der Waals surface area contributed by atoms with Crippen molar-refractivity contribution in [2.45, 2.75) is 32.1 Å². The van der Waals surface area contributed by atoms with E-state index in [-0.39, 0.29) is 12.8 Å². The Morgan fingerprint density at radius 3 is 1.19 bits per heavy atom. The van der Waals surface area contributed by atoms with E-state index in [1.165, 1.54) is 0 Å². The molecule has 0 aromatic heterocycles. The van der Waals surface area contributed by atoms with Gasteiger partial charge in [0.2, 0.25) is 0 Å². The fourth-order valence-electron chi connectivity index (χ4n) is 0.729. The third kappa shape index (κ3) is 22.8. The monoisotopic (exact) mass is 236 g/mol. The molecule has 0 rings (SSSR count). The van der Waals surface area contributed by atoms with E-state index in [0.717, 1.165) is 0 Å². The van der Waals surface area contributed by atoms with E-state index in [4.69, 9.17) is 25.2 Å². The largest absolute Gasteiger partial charge is 0.481 e. The van der Waals surface area contributed by atoms with Gasteiger partial charge in [0.1, 0.15) is 6.61 Å². The van der Waals surface area contributed by atoms with Gasteiger partial charge in [-0.15, -0.1) is 0 Å². The summed E-state index contributed by atoms with van der Waals surface area (Å²) in [5.74, 6) is -2.83. The molecule has 0 radical (unpaired) electrons. The van der Waals surface area contributed by atoms with Crippen LogP contribution in [0.3, 0.4) is 0 Å². The molecule has 0 aromatic carbocycles. The van der Waals surface area contributed by atoms with Gasteiger partial charge in [-0.1, -0.05) is 6.42 Å². The van der Waals surface area contributed by atoms with E-state index < -0.39 is 24.5 Å². The van der Waals surface area contributed by atoms with Crippen molar-refractivity contribution in [3.8, 4) is 0 Å². The first-order valence-electron chi connectivity index (χ1n) is 4.66. The number of aliphatic hydroxyl groups excluding tert-OH is 1. The van der Waals surface area contributed by atoms with Gasteiger partial charge in [0.05, 0.1) is 0 Å². The van der Waals surface area contributed by atoms with Crippen molar-refractivity contribution in [3.63, 3.8) is 0 Å². The molecule has 0 bridgehead atoms. The topological polar surface area (TPSA) is 132 Å². The number of unbranched alkanes of at least 4 members (excludes halogenated alkanes) is 2.